The summed E-state index contributed by atoms with van der Waals surface area (Å²) < 4.78 is 0. The molecule has 1 saturated heterocycles. The van der Waals surface area contributed by atoms with Gasteiger partial charge in [-0.1, -0.05) is 13.8 Å². The number of hydrogen-bond donors (Lipinski definition) is 1. The van der Waals surface area contributed by atoms with E-state index < -0.39 is 0 Å². The van der Waals surface area contributed by atoms with Crippen molar-refractivity contribution in [1.82, 2.24) is 5.48 Å². The van der Waals surface area contributed by atoms with E-state index >= 15 is 0 Å². The maximum absolute atomic E-state index is 4.85. The number of hydroxylamine groups is 1. The molecular formula is C5H10NNaO. The molecule has 0 saturated carbocycles. The molecule has 2 nitrogen and oxygen atoms in total. The van der Waals surface area contributed by atoms with Crippen molar-refractivity contribution >= 4 is 0 Å². The number of hydrogen-bond acceptors (Lipinski definition) is 2. The molecule has 1 fully saturated rings. The standard InChI is InChI=1S/C5H10NO.Na/c1-5(2)3-6-7-4-5;/h3,6H,4H2,1-2H3;/q-1;+1. The Bertz CT molecular complexity index is 66.8. The van der Waals surface area contributed by atoms with Gasteiger partial charge in [-0.25, -0.2) is 6.54 Å². The zero-order valence-electron chi connectivity index (χ0n) is 5.69. The van der Waals surface area contributed by atoms with E-state index in [2.05, 4.69) is 19.3 Å². The first-order chi connectivity index (χ1) is 3.21. The maximum atomic E-state index is 4.85. The van der Waals surface area contributed by atoms with E-state index in [-0.39, 0.29) is 35.0 Å². The Morgan fingerprint density at radius 1 is 1.62 bits per heavy atom. The van der Waals surface area contributed by atoms with Gasteiger partial charge in [0.2, 0.25) is 0 Å². The second-order valence-corrected chi connectivity index (χ2v) is 2.54. The van der Waals surface area contributed by atoms with Crippen LogP contribution in [-0.4, -0.2) is 6.61 Å². The van der Waals surface area contributed by atoms with Crippen molar-refractivity contribution < 1.29 is 34.4 Å². The van der Waals surface area contributed by atoms with Crippen molar-refractivity contribution in [2.75, 3.05) is 6.61 Å². The fourth-order valence-corrected chi connectivity index (χ4v) is 0.471. The Balaban J connectivity index is 0.000000490. The first-order valence-electron chi connectivity index (χ1n) is 2.42. The van der Waals surface area contributed by atoms with Crippen LogP contribution in [-0.2, 0) is 4.84 Å². The van der Waals surface area contributed by atoms with Gasteiger partial charge in [0.05, 0.1) is 0 Å². The third-order valence-corrected chi connectivity index (χ3v) is 0.977. The van der Waals surface area contributed by atoms with Crippen LogP contribution in [0.4, 0.5) is 0 Å². The molecular weight excluding hydrogens is 113 g/mol. The van der Waals surface area contributed by atoms with E-state index in [1.807, 2.05) is 6.54 Å². The Morgan fingerprint density at radius 3 is 2.38 bits per heavy atom. The molecule has 0 aromatic rings. The van der Waals surface area contributed by atoms with E-state index in [1.54, 1.807) is 0 Å². The fraction of sp³-hybridized carbons (Fsp3) is 0.800. The minimum absolute atomic E-state index is 0. The van der Waals surface area contributed by atoms with Crippen molar-refractivity contribution in [2.24, 2.45) is 5.41 Å². The fourth-order valence-electron chi connectivity index (χ4n) is 0.471. The molecule has 1 N–H and O–H groups in total. The molecule has 0 bridgehead atoms. The Hall–Kier alpha value is 0.920. The van der Waals surface area contributed by atoms with E-state index in [0.29, 0.717) is 0 Å². The van der Waals surface area contributed by atoms with Crippen LogP contribution in [0.5, 0.6) is 0 Å². The van der Waals surface area contributed by atoms with E-state index in [1.165, 1.54) is 0 Å². The quantitative estimate of drug-likeness (QED) is 0.289. The Morgan fingerprint density at radius 2 is 2.25 bits per heavy atom. The summed E-state index contributed by atoms with van der Waals surface area (Å²) in [5.74, 6) is 0. The van der Waals surface area contributed by atoms with Crippen molar-refractivity contribution in [3.63, 3.8) is 0 Å². The molecule has 0 atom stereocenters. The third-order valence-electron chi connectivity index (χ3n) is 0.977. The Kier molecular flexibility index (Phi) is 3.55. The molecule has 42 valence electrons. The largest absolute Gasteiger partial charge is 1.00 e. The van der Waals surface area contributed by atoms with Crippen LogP contribution in [0.2, 0.25) is 0 Å². The van der Waals surface area contributed by atoms with Crippen LogP contribution >= 0.6 is 0 Å². The first-order valence-corrected chi connectivity index (χ1v) is 2.42. The molecule has 1 aliphatic heterocycles. The summed E-state index contributed by atoms with van der Waals surface area (Å²) in [4.78, 5) is 4.85. The van der Waals surface area contributed by atoms with Crippen LogP contribution in [0.3, 0.4) is 0 Å². The van der Waals surface area contributed by atoms with Gasteiger partial charge in [-0.2, -0.15) is 0 Å². The average molecular weight is 123 g/mol. The van der Waals surface area contributed by atoms with Gasteiger partial charge in [0.15, 0.2) is 0 Å². The van der Waals surface area contributed by atoms with Crippen LogP contribution in [0.1, 0.15) is 13.8 Å². The predicted octanol–water partition coefficient (Wildman–Crippen LogP) is -2.29. The number of rotatable bonds is 0. The summed E-state index contributed by atoms with van der Waals surface area (Å²) in [6.45, 7) is 6.97. The topological polar surface area (TPSA) is 21.3 Å². The third kappa shape index (κ3) is 2.46. The van der Waals surface area contributed by atoms with E-state index in [9.17, 15) is 0 Å². The predicted molar refractivity (Wildman–Crippen MR) is 27.2 cm³/mol. The second kappa shape index (κ2) is 3.18. The first kappa shape index (κ1) is 8.92. The van der Waals surface area contributed by atoms with Gasteiger partial charge in [0.1, 0.15) is 0 Å². The minimum atomic E-state index is 0. The molecule has 1 aliphatic rings. The van der Waals surface area contributed by atoms with Gasteiger partial charge in [0.25, 0.3) is 0 Å². The van der Waals surface area contributed by atoms with Gasteiger partial charge in [-0.05, 0) is 0 Å². The summed E-state index contributed by atoms with van der Waals surface area (Å²) >= 11 is 0. The molecule has 0 aliphatic carbocycles. The zero-order valence-corrected chi connectivity index (χ0v) is 7.69. The number of nitrogens with one attached hydrogen (secondary N) is 1. The summed E-state index contributed by atoms with van der Waals surface area (Å²) in [6.07, 6.45) is 0. The van der Waals surface area contributed by atoms with Crippen molar-refractivity contribution in [2.45, 2.75) is 13.8 Å². The van der Waals surface area contributed by atoms with Gasteiger partial charge in [-0.3, -0.25) is 0 Å². The average Bonchev–Trinajstić information content (AvgIpc) is 1.84. The minimum Gasteiger partial charge on any atom is -0.350 e. The molecule has 0 aromatic carbocycles. The van der Waals surface area contributed by atoms with Crippen LogP contribution in [0.25, 0.3) is 0 Å². The summed E-state index contributed by atoms with van der Waals surface area (Å²) in [6, 6.07) is 0. The van der Waals surface area contributed by atoms with Gasteiger partial charge in [-0.15, -0.1) is 5.41 Å². The molecule has 1 heterocycles. The second-order valence-electron chi connectivity index (χ2n) is 2.54. The van der Waals surface area contributed by atoms with E-state index in [0.717, 1.165) is 6.61 Å². The molecule has 8 heavy (non-hydrogen) atoms. The molecule has 0 aromatic heterocycles. The summed E-state index contributed by atoms with van der Waals surface area (Å²) in [5, 5.41) is 0. The molecule has 0 amide bonds. The zero-order chi connectivity index (χ0) is 5.33. The van der Waals surface area contributed by atoms with Gasteiger partial charge < -0.3 is 10.3 Å². The Labute approximate surface area is 72.2 Å². The molecule has 0 unspecified atom stereocenters. The maximum Gasteiger partial charge on any atom is 1.00 e. The summed E-state index contributed by atoms with van der Waals surface area (Å²) in [7, 11) is 0. The molecule has 0 radical (unpaired) electrons. The van der Waals surface area contributed by atoms with Crippen LogP contribution in [0.15, 0.2) is 0 Å². The van der Waals surface area contributed by atoms with Crippen molar-refractivity contribution in [3.8, 4) is 0 Å². The smallest absolute Gasteiger partial charge is 0.350 e. The van der Waals surface area contributed by atoms with E-state index in [4.69, 9.17) is 4.84 Å². The van der Waals surface area contributed by atoms with Crippen molar-refractivity contribution in [3.05, 3.63) is 6.54 Å². The van der Waals surface area contributed by atoms with Gasteiger partial charge >= 0.3 is 29.6 Å². The van der Waals surface area contributed by atoms with Gasteiger partial charge in [0, 0.05) is 6.61 Å². The molecule has 1 rings (SSSR count). The summed E-state index contributed by atoms with van der Waals surface area (Å²) in [5.41, 5.74) is 2.92. The molecule has 3 heteroatoms. The van der Waals surface area contributed by atoms with Crippen LogP contribution < -0.4 is 35.0 Å². The normalized spacial score (nSPS) is 24.8. The van der Waals surface area contributed by atoms with Crippen molar-refractivity contribution in [1.29, 1.82) is 0 Å². The molecule has 0 spiro atoms. The monoisotopic (exact) mass is 123 g/mol. The van der Waals surface area contributed by atoms with Crippen LogP contribution in [0, 0.1) is 12.0 Å². The SMILES string of the molecule is CC1(C)[CH-]NOC1.[Na+].